The van der Waals surface area contributed by atoms with Crippen LogP contribution in [-0.2, 0) is 0 Å². The molecule has 0 amide bonds. The van der Waals surface area contributed by atoms with E-state index in [0.717, 1.165) is 106 Å². The molecule has 3 aromatic heterocycles. The highest BCUT2D eigenvalue weighted by atomic mass is 16.3. The number of aromatic nitrogens is 1. The lowest BCUT2D eigenvalue weighted by atomic mass is 9.86. The molecule has 1 aliphatic rings. The molecule has 0 spiro atoms. The first-order chi connectivity index (χ1) is 38.2. The van der Waals surface area contributed by atoms with Crippen LogP contribution in [0.2, 0.25) is 0 Å². The largest absolute Gasteiger partial charge is 0.455 e. The summed E-state index contributed by atoms with van der Waals surface area (Å²) in [5.41, 5.74) is 19.6. The maximum atomic E-state index is 7.06. The van der Waals surface area contributed by atoms with Gasteiger partial charge in [-0.15, -0.1) is 0 Å². The third kappa shape index (κ3) is 6.77. The maximum Gasteiger partial charge on any atom is 0.143 e. The zero-order valence-electron chi connectivity index (χ0n) is 42.0. The van der Waals surface area contributed by atoms with E-state index in [4.69, 9.17) is 8.83 Å². The highest BCUT2D eigenvalue weighted by Gasteiger charge is 2.23. The van der Waals surface area contributed by atoms with Gasteiger partial charge < -0.3 is 13.4 Å². The molecule has 360 valence electrons. The summed E-state index contributed by atoms with van der Waals surface area (Å²) in [7, 11) is 0. The van der Waals surface area contributed by atoms with Crippen molar-refractivity contribution in [1.29, 1.82) is 0 Å². The minimum Gasteiger partial charge on any atom is -0.455 e. The molecule has 0 saturated carbocycles. The van der Waals surface area contributed by atoms with E-state index < -0.39 is 0 Å². The summed E-state index contributed by atoms with van der Waals surface area (Å²) in [5.74, 6) is 0.267. The fourth-order valence-corrected chi connectivity index (χ4v) is 12.9. The molecule has 77 heavy (non-hydrogen) atoms. The van der Waals surface area contributed by atoms with Crippen molar-refractivity contribution >= 4 is 87.2 Å². The van der Waals surface area contributed by atoms with Crippen molar-refractivity contribution in [2.45, 2.75) is 12.3 Å². The Balaban J connectivity index is 0.936. The van der Waals surface area contributed by atoms with E-state index in [1.165, 1.54) is 54.6 Å². The van der Waals surface area contributed by atoms with Crippen molar-refractivity contribution in [3.63, 3.8) is 0 Å². The first kappa shape index (κ1) is 43.4. The number of benzene rings is 12. The van der Waals surface area contributed by atoms with E-state index in [0.29, 0.717) is 0 Å². The van der Waals surface area contributed by atoms with E-state index in [9.17, 15) is 0 Å². The first-order valence-electron chi connectivity index (χ1n) is 26.7. The summed E-state index contributed by atoms with van der Waals surface area (Å²) in [5, 5.41) is 11.8. The molecule has 0 bridgehead atoms. The molecule has 15 aromatic rings. The zero-order chi connectivity index (χ0) is 50.6. The third-order valence-corrected chi connectivity index (χ3v) is 16.3. The molecule has 0 fully saturated rings. The first-order valence-corrected chi connectivity index (χ1v) is 26.7. The van der Waals surface area contributed by atoms with Gasteiger partial charge in [-0.25, -0.2) is 0 Å². The molecule has 1 aliphatic carbocycles. The molecule has 3 heteroatoms. The van der Waals surface area contributed by atoms with E-state index in [1.807, 2.05) is 0 Å². The van der Waals surface area contributed by atoms with Crippen molar-refractivity contribution in [1.82, 2.24) is 4.57 Å². The number of hydrogen-bond acceptors (Lipinski definition) is 2. The van der Waals surface area contributed by atoms with Crippen molar-refractivity contribution in [2.75, 3.05) is 0 Å². The smallest absolute Gasteiger partial charge is 0.143 e. The van der Waals surface area contributed by atoms with Crippen LogP contribution >= 0.6 is 0 Å². The van der Waals surface area contributed by atoms with Gasteiger partial charge in [0.2, 0.25) is 0 Å². The summed E-state index contributed by atoms with van der Waals surface area (Å²) in [6, 6.07) is 88.6. The minimum absolute atomic E-state index is 0.267. The van der Waals surface area contributed by atoms with Gasteiger partial charge in [0.15, 0.2) is 0 Å². The quantitative estimate of drug-likeness (QED) is 0.149. The third-order valence-electron chi connectivity index (χ3n) is 16.3. The van der Waals surface area contributed by atoms with E-state index in [2.05, 4.69) is 272 Å². The summed E-state index contributed by atoms with van der Waals surface area (Å²) in [6.45, 7) is 0. The maximum absolute atomic E-state index is 7.06. The Morgan fingerprint density at radius 3 is 1.30 bits per heavy atom. The van der Waals surface area contributed by atoms with Crippen LogP contribution in [0.25, 0.3) is 149 Å². The summed E-state index contributed by atoms with van der Waals surface area (Å²) < 4.78 is 16.6. The standard InChI is InChI=1S/C74H47NO2/c1-4-19-46(20-5-1)53-31-15-35-63-65-37-17-33-55(73(65)76-71(53)63)49-39-41-57-58-42-40-50(56-34-18-38-66-64-36-16-32-54(72(64)77-74(56)66)47-21-6-2-7-22-47)45-68(58)75(67(57)44-49)52-26-14-25-51(43-52)70-61-29-12-10-27-59(61)69(48-23-8-3-9-24-48)60-28-11-13-30-62(60)70/h1-21,23-45,47H,22H2. The monoisotopic (exact) mass is 981 g/mol. The molecule has 0 N–H and O–H groups in total. The number of allylic oxidation sites excluding steroid dienone is 4. The molecular weight excluding hydrogens is 935 g/mol. The van der Waals surface area contributed by atoms with Gasteiger partial charge >= 0.3 is 0 Å². The lowest BCUT2D eigenvalue weighted by molar-refractivity contribution is 0.658. The number of fused-ring (bicyclic) bond motifs is 11. The number of rotatable bonds is 7. The van der Waals surface area contributed by atoms with Gasteiger partial charge in [0.25, 0.3) is 0 Å². The molecule has 3 nitrogen and oxygen atoms in total. The Kier molecular flexibility index (Phi) is 9.77. The van der Waals surface area contributed by atoms with E-state index in [1.54, 1.807) is 0 Å². The normalized spacial score (nSPS) is 13.7. The van der Waals surface area contributed by atoms with Crippen LogP contribution in [0, 0.1) is 0 Å². The Bertz CT molecular complexity index is 4890. The van der Waals surface area contributed by atoms with Crippen LogP contribution in [0.15, 0.2) is 276 Å². The fourth-order valence-electron chi connectivity index (χ4n) is 12.9. The summed E-state index contributed by atoms with van der Waals surface area (Å²) in [4.78, 5) is 0. The highest BCUT2D eigenvalue weighted by Crippen LogP contribution is 2.47. The van der Waals surface area contributed by atoms with Gasteiger partial charge in [-0.3, -0.25) is 0 Å². The lowest BCUT2D eigenvalue weighted by Gasteiger charge is -2.18. The van der Waals surface area contributed by atoms with Gasteiger partial charge in [0, 0.05) is 66.2 Å². The van der Waals surface area contributed by atoms with Crippen molar-refractivity contribution < 1.29 is 8.83 Å². The number of nitrogens with zero attached hydrogens (tertiary/aromatic N) is 1. The van der Waals surface area contributed by atoms with Gasteiger partial charge in [-0.2, -0.15) is 0 Å². The molecule has 3 heterocycles. The van der Waals surface area contributed by atoms with Crippen LogP contribution in [0.1, 0.15) is 17.9 Å². The second-order valence-electron chi connectivity index (χ2n) is 20.6. The fraction of sp³-hybridized carbons (Fsp3) is 0.0270. The predicted molar refractivity (Wildman–Crippen MR) is 323 cm³/mol. The Morgan fingerprint density at radius 2 is 0.753 bits per heavy atom. The molecule has 1 unspecified atom stereocenters. The predicted octanol–water partition coefficient (Wildman–Crippen LogP) is 20.8. The molecule has 16 rings (SSSR count). The Hall–Kier alpha value is -9.96. The summed E-state index contributed by atoms with van der Waals surface area (Å²) in [6.07, 6.45) is 9.78. The van der Waals surface area contributed by atoms with Crippen molar-refractivity contribution in [3.8, 4) is 61.3 Å². The zero-order valence-corrected chi connectivity index (χ0v) is 42.0. The molecule has 0 radical (unpaired) electrons. The van der Waals surface area contributed by atoms with Crippen LogP contribution in [0.3, 0.4) is 0 Å². The van der Waals surface area contributed by atoms with Gasteiger partial charge in [0.05, 0.1) is 11.0 Å². The Labute approximate surface area is 444 Å². The molecular formula is C74H47NO2. The average Bonchev–Trinajstić information content (AvgIpc) is 4.37. The molecule has 12 aromatic carbocycles. The van der Waals surface area contributed by atoms with Crippen LogP contribution < -0.4 is 0 Å². The number of furan rings is 2. The molecule has 0 aliphatic heterocycles. The van der Waals surface area contributed by atoms with E-state index >= 15 is 0 Å². The molecule has 1 atom stereocenters. The topological polar surface area (TPSA) is 31.2 Å². The second-order valence-corrected chi connectivity index (χ2v) is 20.6. The highest BCUT2D eigenvalue weighted by molar-refractivity contribution is 6.22. The van der Waals surface area contributed by atoms with Crippen molar-refractivity contribution in [3.05, 3.63) is 273 Å². The van der Waals surface area contributed by atoms with Gasteiger partial charge in [0.1, 0.15) is 22.3 Å². The van der Waals surface area contributed by atoms with Gasteiger partial charge in [-0.05, 0) is 91.2 Å². The number of hydrogen-bond donors (Lipinski definition) is 0. The van der Waals surface area contributed by atoms with E-state index in [-0.39, 0.29) is 5.92 Å². The SMILES string of the molecule is C1=CCC(c2cccc3c2oc2c(-c4ccc5c6ccc(-c7cccc8c7oc7c(-c9ccccc9)cccc78)cc6n(-c6cccc(-c7c8ccccc8c(-c8ccccc8)c8ccccc78)c6)c5c4)cccc23)C=C1. The van der Waals surface area contributed by atoms with Crippen LogP contribution in [-0.4, -0.2) is 4.57 Å². The minimum atomic E-state index is 0.267. The Morgan fingerprint density at radius 1 is 0.312 bits per heavy atom. The van der Waals surface area contributed by atoms with Crippen molar-refractivity contribution in [2.24, 2.45) is 0 Å². The van der Waals surface area contributed by atoms with Gasteiger partial charge in [-0.1, -0.05) is 243 Å². The summed E-state index contributed by atoms with van der Waals surface area (Å²) >= 11 is 0. The second kappa shape index (κ2) is 17.3. The van der Waals surface area contributed by atoms with Crippen LogP contribution in [0.4, 0.5) is 0 Å². The average molecular weight is 982 g/mol. The number of para-hydroxylation sites is 4. The molecule has 0 saturated heterocycles. The van der Waals surface area contributed by atoms with Crippen LogP contribution in [0.5, 0.6) is 0 Å². The lowest BCUT2D eigenvalue weighted by Crippen LogP contribution is -1.96.